The van der Waals surface area contributed by atoms with Crippen LogP contribution in [0.2, 0.25) is 0 Å². The lowest BCUT2D eigenvalue weighted by molar-refractivity contribution is 0.0628. The van der Waals surface area contributed by atoms with Crippen molar-refractivity contribution in [3.8, 4) is 0 Å². The fourth-order valence-electron chi connectivity index (χ4n) is 3.38. The van der Waals surface area contributed by atoms with Gasteiger partial charge in [0.25, 0.3) is 11.8 Å². The number of aromatic nitrogens is 5. The molecule has 2 aromatic heterocycles. The maximum absolute atomic E-state index is 12.7. The van der Waals surface area contributed by atoms with Crippen LogP contribution < -0.4 is 5.32 Å². The molecule has 134 valence electrons. The fourth-order valence-corrected chi connectivity index (χ4v) is 3.38. The summed E-state index contributed by atoms with van der Waals surface area (Å²) in [6.45, 7) is 3.20. The molecular weight excluding hydrogens is 334 g/mol. The molecule has 0 radical (unpaired) electrons. The second-order valence-electron chi connectivity index (χ2n) is 6.56. The summed E-state index contributed by atoms with van der Waals surface area (Å²) in [4.78, 5) is 33.6. The number of para-hydroxylation sites is 1. The highest BCUT2D eigenvalue weighted by molar-refractivity contribution is 6.04. The molecule has 2 atom stereocenters. The number of piperidine rings is 1. The zero-order valence-corrected chi connectivity index (χ0v) is 14.3. The van der Waals surface area contributed by atoms with Gasteiger partial charge in [-0.25, -0.2) is 4.98 Å². The molecule has 1 fully saturated rings. The van der Waals surface area contributed by atoms with Gasteiger partial charge in [0, 0.05) is 19.1 Å². The van der Waals surface area contributed by atoms with Crippen molar-refractivity contribution in [1.82, 2.24) is 35.6 Å². The van der Waals surface area contributed by atoms with E-state index in [9.17, 15) is 9.59 Å². The quantitative estimate of drug-likeness (QED) is 0.648. The second-order valence-corrected chi connectivity index (χ2v) is 6.56. The Kier molecular flexibility index (Phi) is 4.11. The number of rotatable bonds is 3. The van der Waals surface area contributed by atoms with E-state index in [1.54, 1.807) is 23.1 Å². The number of imidazole rings is 1. The first-order chi connectivity index (χ1) is 12.6. The summed E-state index contributed by atoms with van der Waals surface area (Å²) in [5, 5.41) is 13.7. The number of hydrogen-bond donors (Lipinski definition) is 3. The molecule has 0 spiro atoms. The Morgan fingerprint density at radius 3 is 2.96 bits per heavy atom. The highest BCUT2D eigenvalue weighted by atomic mass is 16.2. The van der Waals surface area contributed by atoms with E-state index >= 15 is 0 Å². The van der Waals surface area contributed by atoms with Gasteiger partial charge in [-0.15, -0.1) is 0 Å². The first-order valence-corrected chi connectivity index (χ1v) is 8.51. The van der Waals surface area contributed by atoms with Crippen LogP contribution in [0, 0.1) is 5.92 Å². The minimum absolute atomic E-state index is 0.00419. The first-order valence-electron chi connectivity index (χ1n) is 8.51. The summed E-state index contributed by atoms with van der Waals surface area (Å²) in [5.74, 6) is -0.0998. The van der Waals surface area contributed by atoms with Gasteiger partial charge in [-0.3, -0.25) is 9.59 Å². The third-order valence-corrected chi connectivity index (χ3v) is 4.83. The molecule has 3 N–H and O–H groups in total. The van der Waals surface area contributed by atoms with E-state index in [4.69, 9.17) is 0 Å². The molecule has 9 nitrogen and oxygen atoms in total. The highest BCUT2D eigenvalue weighted by Gasteiger charge is 2.31. The van der Waals surface area contributed by atoms with Crippen LogP contribution in [-0.2, 0) is 0 Å². The van der Waals surface area contributed by atoms with Crippen molar-refractivity contribution in [3.63, 3.8) is 0 Å². The van der Waals surface area contributed by atoms with Crippen LogP contribution in [0.4, 0.5) is 0 Å². The largest absolute Gasteiger partial charge is 0.349 e. The molecule has 3 aromatic rings. The normalized spacial score (nSPS) is 20.3. The van der Waals surface area contributed by atoms with E-state index in [0.717, 1.165) is 0 Å². The van der Waals surface area contributed by atoms with Crippen molar-refractivity contribution in [3.05, 3.63) is 42.0 Å². The molecule has 1 aliphatic rings. The van der Waals surface area contributed by atoms with Crippen LogP contribution in [-0.4, -0.2) is 61.2 Å². The van der Waals surface area contributed by atoms with Crippen molar-refractivity contribution >= 4 is 22.8 Å². The Balaban J connectivity index is 1.43. The predicted molar refractivity (Wildman–Crippen MR) is 93.4 cm³/mol. The summed E-state index contributed by atoms with van der Waals surface area (Å²) >= 11 is 0. The number of nitrogens with one attached hydrogen (secondary N) is 3. The fraction of sp³-hybridized carbons (Fsp3) is 0.353. The Bertz CT molecular complexity index is 934. The zero-order chi connectivity index (χ0) is 18.1. The smallest absolute Gasteiger partial charge is 0.271 e. The van der Waals surface area contributed by atoms with Crippen molar-refractivity contribution in [1.29, 1.82) is 0 Å². The lowest BCUT2D eigenvalue weighted by atomic mass is 9.93. The first kappa shape index (κ1) is 16.2. The van der Waals surface area contributed by atoms with E-state index < -0.39 is 0 Å². The lowest BCUT2D eigenvalue weighted by Gasteiger charge is -2.37. The predicted octanol–water partition coefficient (Wildman–Crippen LogP) is 0.962. The maximum Gasteiger partial charge on any atom is 0.271 e. The number of carbonyl (C=O) groups is 2. The summed E-state index contributed by atoms with van der Waals surface area (Å²) in [6, 6.07) is 5.32. The van der Waals surface area contributed by atoms with Crippen LogP contribution in [0.15, 0.2) is 30.7 Å². The summed E-state index contributed by atoms with van der Waals surface area (Å²) in [7, 11) is 0. The lowest BCUT2D eigenvalue weighted by Crippen LogP contribution is -2.51. The number of amides is 2. The van der Waals surface area contributed by atoms with Crippen molar-refractivity contribution in [2.75, 3.05) is 13.1 Å². The molecular formula is C17H19N7O2. The van der Waals surface area contributed by atoms with Crippen LogP contribution >= 0.6 is 0 Å². The Morgan fingerprint density at radius 2 is 2.19 bits per heavy atom. The maximum atomic E-state index is 12.7. The Morgan fingerprint density at radius 1 is 1.31 bits per heavy atom. The number of benzene rings is 1. The molecule has 1 aromatic carbocycles. The molecule has 4 rings (SSSR count). The van der Waals surface area contributed by atoms with Crippen LogP contribution in [0.3, 0.4) is 0 Å². The molecule has 2 unspecified atom stereocenters. The van der Waals surface area contributed by atoms with Crippen molar-refractivity contribution in [2.45, 2.75) is 19.4 Å². The third kappa shape index (κ3) is 2.92. The minimum Gasteiger partial charge on any atom is -0.349 e. The van der Waals surface area contributed by atoms with Gasteiger partial charge in [-0.1, -0.05) is 13.0 Å². The number of carbonyl (C=O) groups excluding carboxylic acids is 2. The molecule has 1 saturated heterocycles. The number of nitrogens with zero attached hydrogens (tertiary/aromatic N) is 4. The summed E-state index contributed by atoms with van der Waals surface area (Å²) in [5.41, 5.74) is 2.20. The third-order valence-electron chi connectivity index (χ3n) is 4.83. The van der Waals surface area contributed by atoms with E-state index in [0.29, 0.717) is 41.8 Å². The van der Waals surface area contributed by atoms with E-state index in [-0.39, 0.29) is 23.8 Å². The molecule has 9 heteroatoms. The Hall–Kier alpha value is -3.23. The van der Waals surface area contributed by atoms with E-state index in [2.05, 4.69) is 30.7 Å². The Labute approximate surface area is 149 Å². The van der Waals surface area contributed by atoms with Crippen molar-refractivity contribution < 1.29 is 9.59 Å². The van der Waals surface area contributed by atoms with Crippen LogP contribution in [0.5, 0.6) is 0 Å². The molecule has 0 saturated carbocycles. The molecule has 0 aliphatic carbocycles. The molecule has 2 amide bonds. The van der Waals surface area contributed by atoms with Gasteiger partial charge in [-0.05, 0) is 24.5 Å². The summed E-state index contributed by atoms with van der Waals surface area (Å²) < 4.78 is 0. The average Bonchev–Trinajstić information content (AvgIpc) is 3.33. The number of H-pyrrole nitrogens is 2. The van der Waals surface area contributed by atoms with Crippen molar-refractivity contribution in [2.24, 2.45) is 5.92 Å². The molecule has 3 heterocycles. The van der Waals surface area contributed by atoms with Gasteiger partial charge in [-0.2, -0.15) is 15.4 Å². The topological polar surface area (TPSA) is 120 Å². The number of likely N-dealkylation sites (tertiary alicyclic amines) is 1. The van der Waals surface area contributed by atoms with Gasteiger partial charge < -0.3 is 15.2 Å². The highest BCUT2D eigenvalue weighted by Crippen LogP contribution is 2.20. The number of fused-ring (bicyclic) bond motifs is 1. The minimum atomic E-state index is -0.172. The SMILES string of the molecule is CC1CN(C(=O)c2cnc[nH]2)CCC1NC(=O)c1cccc2n[nH]nc12. The average molecular weight is 353 g/mol. The van der Waals surface area contributed by atoms with Gasteiger partial charge in [0.1, 0.15) is 16.7 Å². The summed E-state index contributed by atoms with van der Waals surface area (Å²) in [6.07, 6.45) is 3.72. The second kappa shape index (κ2) is 6.58. The molecule has 0 bridgehead atoms. The molecule has 26 heavy (non-hydrogen) atoms. The van der Waals surface area contributed by atoms with Gasteiger partial charge in [0.2, 0.25) is 0 Å². The zero-order valence-electron chi connectivity index (χ0n) is 14.3. The monoisotopic (exact) mass is 353 g/mol. The van der Waals surface area contributed by atoms with Gasteiger partial charge >= 0.3 is 0 Å². The molecule has 1 aliphatic heterocycles. The van der Waals surface area contributed by atoms with Crippen LogP contribution in [0.25, 0.3) is 11.0 Å². The van der Waals surface area contributed by atoms with E-state index in [1.165, 1.54) is 12.5 Å². The van der Waals surface area contributed by atoms with E-state index in [1.807, 2.05) is 6.92 Å². The van der Waals surface area contributed by atoms with Gasteiger partial charge in [0.05, 0.1) is 18.1 Å². The van der Waals surface area contributed by atoms with Gasteiger partial charge in [0.15, 0.2) is 0 Å². The van der Waals surface area contributed by atoms with Crippen LogP contribution in [0.1, 0.15) is 34.2 Å². The number of hydrogen-bond acceptors (Lipinski definition) is 5. The number of aromatic amines is 2. The standard InChI is InChI=1S/C17H19N7O2/c1-10-8-24(17(26)14-7-18-9-19-14)6-5-12(10)20-16(25)11-3-2-4-13-15(11)22-23-21-13/h2-4,7,9-10,12H,5-6,8H2,1H3,(H,18,19)(H,20,25)(H,21,22,23).